The van der Waals surface area contributed by atoms with Gasteiger partial charge in [-0.05, 0) is 17.7 Å². The lowest BCUT2D eigenvalue weighted by Crippen LogP contribution is -2.14. The monoisotopic (exact) mass is 296 g/mol. The third kappa shape index (κ3) is 4.90. The molecule has 22 heavy (non-hydrogen) atoms. The van der Waals surface area contributed by atoms with Crippen molar-refractivity contribution in [3.8, 4) is 5.75 Å². The van der Waals surface area contributed by atoms with Crippen molar-refractivity contribution in [3.05, 3.63) is 78.4 Å². The van der Waals surface area contributed by atoms with Crippen molar-refractivity contribution in [3.63, 3.8) is 0 Å². The van der Waals surface area contributed by atoms with Gasteiger partial charge in [0.05, 0.1) is 6.42 Å². The van der Waals surface area contributed by atoms with E-state index in [4.69, 9.17) is 9.47 Å². The molecule has 2 rings (SSSR count). The highest BCUT2D eigenvalue weighted by Crippen LogP contribution is 2.12. The third-order valence-corrected chi connectivity index (χ3v) is 2.83. The zero-order valence-electron chi connectivity index (χ0n) is 12.0. The van der Waals surface area contributed by atoms with Crippen LogP contribution in [0.4, 0.5) is 0 Å². The van der Waals surface area contributed by atoms with Crippen LogP contribution in [0.1, 0.15) is 12.0 Å². The summed E-state index contributed by atoms with van der Waals surface area (Å²) in [5, 5.41) is 0. The number of carbonyl (C=O) groups excluding carboxylic acids is 2. The highest BCUT2D eigenvalue weighted by molar-refractivity contribution is 5.93. The molecule has 0 saturated heterocycles. The molecule has 0 aromatic heterocycles. The summed E-state index contributed by atoms with van der Waals surface area (Å²) in [7, 11) is 0. The largest absolute Gasteiger partial charge is 0.457 e. The second-order valence-electron chi connectivity index (χ2n) is 4.63. The van der Waals surface area contributed by atoms with E-state index in [2.05, 4.69) is 6.58 Å². The number of benzene rings is 2. The molecule has 0 spiro atoms. The molecule has 2 aromatic carbocycles. The maximum absolute atomic E-state index is 11.8. The average Bonchev–Trinajstić information content (AvgIpc) is 2.54. The van der Waals surface area contributed by atoms with Crippen LogP contribution < -0.4 is 4.74 Å². The van der Waals surface area contributed by atoms with Gasteiger partial charge in [0, 0.05) is 5.57 Å². The summed E-state index contributed by atoms with van der Waals surface area (Å²) in [6.45, 7) is 3.72. The number of carbonyl (C=O) groups is 2. The Morgan fingerprint density at radius 2 is 1.50 bits per heavy atom. The predicted molar refractivity (Wildman–Crippen MR) is 82.1 cm³/mol. The van der Waals surface area contributed by atoms with E-state index in [-0.39, 0.29) is 18.6 Å². The molecular formula is C18H16O4. The van der Waals surface area contributed by atoms with Crippen LogP contribution >= 0.6 is 0 Å². The van der Waals surface area contributed by atoms with Crippen LogP contribution in [0.25, 0.3) is 0 Å². The number of esters is 2. The molecule has 2 aromatic rings. The van der Waals surface area contributed by atoms with E-state index in [0.29, 0.717) is 5.75 Å². The molecule has 0 heterocycles. The first-order valence-electron chi connectivity index (χ1n) is 6.79. The summed E-state index contributed by atoms with van der Waals surface area (Å²) in [5.41, 5.74) is 0.937. The average molecular weight is 296 g/mol. The first-order chi connectivity index (χ1) is 10.6. The summed E-state index contributed by atoms with van der Waals surface area (Å²) in [5.74, 6) is -0.723. The molecule has 0 fully saturated rings. The number of hydrogen-bond acceptors (Lipinski definition) is 4. The Balaban J connectivity index is 1.78. The summed E-state index contributed by atoms with van der Waals surface area (Å²) in [6, 6.07) is 17.9. The maximum atomic E-state index is 11.8. The van der Waals surface area contributed by atoms with Gasteiger partial charge in [0.1, 0.15) is 12.4 Å². The number of ether oxygens (including phenoxy) is 2. The fourth-order valence-electron chi connectivity index (χ4n) is 1.73. The number of rotatable bonds is 6. The fraction of sp³-hybridized carbons (Fsp3) is 0.111. The second kappa shape index (κ2) is 7.78. The summed E-state index contributed by atoms with van der Waals surface area (Å²) in [4.78, 5) is 23.5. The van der Waals surface area contributed by atoms with Crippen molar-refractivity contribution in [1.29, 1.82) is 0 Å². The Kier molecular flexibility index (Phi) is 5.49. The van der Waals surface area contributed by atoms with Gasteiger partial charge in [-0.1, -0.05) is 55.1 Å². The lowest BCUT2D eigenvalue weighted by molar-refractivity contribution is -0.142. The normalized spacial score (nSPS) is 9.82. The molecule has 0 unspecified atom stereocenters. The smallest absolute Gasteiger partial charge is 0.334 e. The van der Waals surface area contributed by atoms with Crippen LogP contribution in [-0.2, 0) is 20.9 Å². The SMILES string of the molecule is C=C(CC(=O)Oc1ccccc1)C(=O)OCc1ccccc1. The number of para-hydroxylation sites is 1. The molecule has 0 aliphatic rings. The highest BCUT2D eigenvalue weighted by Gasteiger charge is 2.15. The number of hydrogen-bond donors (Lipinski definition) is 0. The minimum Gasteiger partial charge on any atom is -0.457 e. The minimum absolute atomic E-state index is 0.0665. The van der Waals surface area contributed by atoms with E-state index in [9.17, 15) is 9.59 Å². The molecule has 0 aliphatic carbocycles. The van der Waals surface area contributed by atoms with E-state index in [1.807, 2.05) is 36.4 Å². The molecule has 0 saturated carbocycles. The van der Waals surface area contributed by atoms with Crippen LogP contribution in [0.5, 0.6) is 5.75 Å². The van der Waals surface area contributed by atoms with Crippen LogP contribution in [0.3, 0.4) is 0 Å². The van der Waals surface area contributed by atoms with Crippen LogP contribution in [0, 0.1) is 0 Å². The Bertz CT molecular complexity index is 647. The van der Waals surface area contributed by atoms with Gasteiger partial charge in [-0.3, -0.25) is 4.79 Å². The Hall–Kier alpha value is -2.88. The van der Waals surface area contributed by atoms with E-state index in [1.165, 1.54) is 0 Å². The van der Waals surface area contributed by atoms with Gasteiger partial charge in [-0.15, -0.1) is 0 Å². The van der Waals surface area contributed by atoms with Crippen molar-refractivity contribution in [2.75, 3.05) is 0 Å². The zero-order chi connectivity index (χ0) is 15.8. The van der Waals surface area contributed by atoms with Gasteiger partial charge in [0.15, 0.2) is 0 Å². The van der Waals surface area contributed by atoms with Gasteiger partial charge in [-0.25, -0.2) is 4.79 Å². The predicted octanol–water partition coefficient (Wildman–Crippen LogP) is 3.28. The molecule has 4 heteroatoms. The molecule has 0 N–H and O–H groups in total. The van der Waals surface area contributed by atoms with Crippen molar-refractivity contribution in [1.82, 2.24) is 0 Å². The standard InChI is InChI=1S/C18H16O4/c1-14(12-17(19)22-16-10-6-3-7-11-16)18(20)21-13-15-8-4-2-5-9-15/h2-11H,1,12-13H2. The van der Waals surface area contributed by atoms with Crippen molar-refractivity contribution >= 4 is 11.9 Å². The Morgan fingerprint density at radius 1 is 0.909 bits per heavy atom. The lowest BCUT2D eigenvalue weighted by Gasteiger charge is -2.07. The molecule has 0 bridgehead atoms. The zero-order valence-corrected chi connectivity index (χ0v) is 12.0. The highest BCUT2D eigenvalue weighted by atomic mass is 16.5. The van der Waals surface area contributed by atoms with E-state index in [0.717, 1.165) is 5.56 Å². The quantitative estimate of drug-likeness (QED) is 0.466. The van der Waals surface area contributed by atoms with Gasteiger partial charge in [0.2, 0.25) is 0 Å². The van der Waals surface area contributed by atoms with Gasteiger partial charge in [-0.2, -0.15) is 0 Å². The molecule has 112 valence electrons. The topological polar surface area (TPSA) is 52.6 Å². The minimum atomic E-state index is -0.603. The maximum Gasteiger partial charge on any atom is 0.334 e. The van der Waals surface area contributed by atoms with Gasteiger partial charge in [0.25, 0.3) is 0 Å². The summed E-state index contributed by atoms with van der Waals surface area (Å²) < 4.78 is 10.2. The summed E-state index contributed by atoms with van der Waals surface area (Å²) >= 11 is 0. The molecule has 0 amide bonds. The third-order valence-electron chi connectivity index (χ3n) is 2.83. The van der Waals surface area contributed by atoms with Gasteiger partial charge >= 0.3 is 11.9 Å². The van der Waals surface area contributed by atoms with E-state index < -0.39 is 11.9 Å². The summed E-state index contributed by atoms with van der Waals surface area (Å²) in [6.07, 6.45) is -0.206. The molecule has 4 nitrogen and oxygen atoms in total. The fourth-order valence-corrected chi connectivity index (χ4v) is 1.73. The van der Waals surface area contributed by atoms with Crippen LogP contribution in [0.2, 0.25) is 0 Å². The van der Waals surface area contributed by atoms with Crippen molar-refractivity contribution < 1.29 is 19.1 Å². The van der Waals surface area contributed by atoms with Crippen molar-refractivity contribution in [2.45, 2.75) is 13.0 Å². The van der Waals surface area contributed by atoms with E-state index in [1.54, 1.807) is 24.3 Å². The first kappa shape index (κ1) is 15.5. The molecule has 0 radical (unpaired) electrons. The molecular weight excluding hydrogens is 280 g/mol. The van der Waals surface area contributed by atoms with Crippen LogP contribution in [-0.4, -0.2) is 11.9 Å². The molecule has 0 aliphatic heterocycles. The van der Waals surface area contributed by atoms with Crippen LogP contribution in [0.15, 0.2) is 72.8 Å². The Labute approximate surface area is 129 Å². The second-order valence-corrected chi connectivity index (χ2v) is 4.63. The first-order valence-corrected chi connectivity index (χ1v) is 6.79. The van der Waals surface area contributed by atoms with E-state index >= 15 is 0 Å². The Morgan fingerprint density at radius 3 is 2.14 bits per heavy atom. The van der Waals surface area contributed by atoms with Gasteiger partial charge < -0.3 is 9.47 Å². The van der Waals surface area contributed by atoms with Crippen molar-refractivity contribution in [2.24, 2.45) is 0 Å². The molecule has 0 atom stereocenters. The lowest BCUT2D eigenvalue weighted by atomic mass is 10.2.